The Morgan fingerprint density at radius 2 is 1.88 bits per heavy atom. The van der Waals surface area contributed by atoms with E-state index < -0.39 is 0 Å². The lowest BCUT2D eigenvalue weighted by molar-refractivity contribution is -0.144. The minimum atomic E-state index is -0.182. The fraction of sp³-hybridized carbons (Fsp3) is 0.500. The minimum absolute atomic E-state index is 0.150. The number of hydrogen-bond acceptors (Lipinski definition) is 2. The maximum atomic E-state index is 11.6. The van der Waals surface area contributed by atoms with Crippen LogP contribution in [0, 0.1) is 0 Å². The molecule has 0 aromatic heterocycles. The number of carbonyl (C=O) groups excluding carboxylic acids is 1. The highest BCUT2D eigenvalue weighted by molar-refractivity contribution is 5.77. The number of esters is 1. The Morgan fingerprint density at radius 3 is 2.44 bits per heavy atom. The summed E-state index contributed by atoms with van der Waals surface area (Å²) in [4.78, 5) is 11.6. The van der Waals surface area contributed by atoms with E-state index in [1.807, 2.05) is 26.0 Å². The second-order valence-electron chi connectivity index (χ2n) is 4.30. The Bertz CT molecular complexity index is 356. The van der Waals surface area contributed by atoms with Crippen LogP contribution in [0.15, 0.2) is 24.3 Å². The molecule has 0 saturated carbocycles. The van der Waals surface area contributed by atoms with Crippen LogP contribution in [-0.4, -0.2) is 12.6 Å². The molecule has 2 nitrogen and oxygen atoms in total. The lowest BCUT2D eigenvalue weighted by Gasteiger charge is -2.13. The molecule has 0 bridgehead atoms. The minimum Gasteiger partial charge on any atom is -0.466 e. The summed E-state index contributed by atoms with van der Waals surface area (Å²) in [5.74, 6) is 0.149. The Hall–Kier alpha value is -1.31. The third-order valence-electron chi connectivity index (χ3n) is 2.72. The van der Waals surface area contributed by atoms with Gasteiger partial charge in [0, 0.05) is 0 Å². The van der Waals surface area contributed by atoms with Crippen molar-refractivity contribution in [2.45, 2.75) is 39.5 Å². The van der Waals surface area contributed by atoms with Gasteiger partial charge in [-0.2, -0.15) is 0 Å². The molecule has 0 amide bonds. The van der Waals surface area contributed by atoms with Gasteiger partial charge < -0.3 is 4.74 Å². The van der Waals surface area contributed by atoms with Crippen LogP contribution in [0.3, 0.4) is 0 Å². The van der Waals surface area contributed by atoms with Crippen LogP contribution < -0.4 is 0 Å². The average Bonchev–Trinajstić information content (AvgIpc) is 2.28. The van der Waals surface area contributed by atoms with Crippen LogP contribution in [0.25, 0.3) is 0 Å². The topological polar surface area (TPSA) is 26.3 Å². The van der Waals surface area contributed by atoms with Crippen molar-refractivity contribution in [3.63, 3.8) is 0 Å². The number of hydrogen-bond donors (Lipinski definition) is 0. The lowest BCUT2D eigenvalue weighted by atomic mass is 9.95. The molecule has 1 atom stereocenters. The molecule has 0 aliphatic carbocycles. The predicted octanol–water partition coefficient (Wildman–Crippen LogP) is 3.48. The number of ether oxygens (including phenoxy) is 1. The second-order valence-corrected chi connectivity index (χ2v) is 4.30. The van der Waals surface area contributed by atoms with Gasteiger partial charge in [-0.25, -0.2) is 0 Å². The van der Waals surface area contributed by atoms with Crippen molar-refractivity contribution in [3.05, 3.63) is 35.4 Å². The van der Waals surface area contributed by atoms with E-state index in [2.05, 4.69) is 26.0 Å². The zero-order valence-electron chi connectivity index (χ0n) is 10.5. The largest absolute Gasteiger partial charge is 0.466 e. The summed E-state index contributed by atoms with van der Waals surface area (Å²) in [5.41, 5.74) is 2.29. The highest BCUT2D eigenvalue weighted by Gasteiger charge is 2.16. The molecule has 0 aliphatic heterocycles. The van der Waals surface area contributed by atoms with E-state index in [1.54, 1.807) is 0 Å². The molecule has 0 radical (unpaired) electrons. The van der Waals surface area contributed by atoms with Crippen molar-refractivity contribution < 1.29 is 9.53 Å². The maximum Gasteiger partial charge on any atom is 0.313 e. The van der Waals surface area contributed by atoms with Crippen LogP contribution in [0.5, 0.6) is 0 Å². The second kappa shape index (κ2) is 5.69. The first-order valence-corrected chi connectivity index (χ1v) is 5.82. The summed E-state index contributed by atoms with van der Waals surface area (Å²) in [7, 11) is 0. The number of rotatable bonds is 4. The van der Waals surface area contributed by atoms with Crippen LogP contribution >= 0.6 is 0 Å². The van der Waals surface area contributed by atoms with Gasteiger partial charge in [-0.15, -0.1) is 0 Å². The smallest absolute Gasteiger partial charge is 0.313 e. The molecule has 0 N–H and O–H groups in total. The van der Waals surface area contributed by atoms with E-state index >= 15 is 0 Å². The normalized spacial score (nSPS) is 12.6. The summed E-state index contributed by atoms with van der Waals surface area (Å²) in [6, 6.07) is 8.16. The van der Waals surface area contributed by atoms with Gasteiger partial charge in [0.15, 0.2) is 0 Å². The molecule has 0 aliphatic rings. The molecular formula is C14H20O2. The SMILES string of the molecule is CCOC(=O)C(C)c1cccc(C(C)C)c1. The van der Waals surface area contributed by atoms with Gasteiger partial charge in [0.1, 0.15) is 0 Å². The average molecular weight is 220 g/mol. The third kappa shape index (κ3) is 3.09. The molecule has 2 heteroatoms. The molecule has 0 fully saturated rings. The van der Waals surface area contributed by atoms with Crippen molar-refractivity contribution in [3.8, 4) is 0 Å². The van der Waals surface area contributed by atoms with Crippen LogP contribution in [0.1, 0.15) is 50.7 Å². The van der Waals surface area contributed by atoms with Gasteiger partial charge in [-0.1, -0.05) is 38.1 Å². The third-order valence-corrected chi connectivity index (χ3v) is 2.72. The summed E-state index contributed by atoms with van der Waals surface area (Å²) < 4.78 is 5.02. The Morgan fingerprint density at radius 1 is 1.25 bits per heavy atom. The van der Waals surface area contributed by atoms with Crippen molar-refractivity contribution in [1.29, 1.82) is 0 Å². The lowest BCUT2D eigenvalue weighted by Crippen LogP contribution is -2.13. The molecular weight excluding hydrogens is 200 g/mol. The van der Waals surface area contributed by atoms with E-state index in [4.69, 9.17) is 4.74 Å². The van der Waals surface area contributed by atoms with E-state index in [-0.39, 0.29) is 11.9 Å². The highest BCUT2D eigenvalue weighted by Crippen LogP contribution is 2.22. The van der Waals surface area contributed by atoms with Gasteiger partial charge in [0.2, 0.25) is 0 Å². The molecule has 1 aromatic rings. The van der Waals surface area contributed by atoms with Crippen LogP contribution in [0.2, 0.25) is 0 Å². The van der Waals surface area contributed by atoms with Crippen molar-refractivity contribution in [1.82, 2.24) is 0 Å². The fourth-order valence-corrected chi connectivity index (χ4v) is 1.59. The standard InChI is InChI=1S/C14H20O2/c1-5-16-14(15)11(4)13-8-6-7-12(9-13)10(2)3/h6-11H,5H2,1-4H3. The summed E-state index contributed by atoms with van der Waals surface area (Å²) in [6.07, 6.45) is 0. The highest BCUT2D eigenvalue weighted by atomic mass is 16.5. The zero-order chi connectivity index (χ0) is 12.1. The monoisotopic (exact) mass is 220 g/mol. The van der Waals surface area contributed by atoms with Crippen molar-refractivity contribution in [2.24, 2.45) is 0 Å². The Labute approximate surface area is 97.6 Å². The van der Waals surface area contributed by atoms with E-state index in [9.17, 15) is 4.79 Å². The van der Waals surface area contributed by atoms with Gasteiger partial charge in [0.05, 0.1) is 12.5 Å². The fourth-order valence-electron chi connectivity index (χ4n) is 1.59. The summed E-state index contributed by atoms with van der Waals surface area (Å²) in [5, 5.41) is 0. The van der Waals surface area contributed by atoms with Crippen molar-refractivity contribution in [2.75, 3.05) is 6.61 Å². The van der Waals surface area contributed by atoms with E-state index in [0.29, 0.717) is 12.5 Å². The quantitative estimate of drug-likeness (QED) is 0.726. The molecule has 1 aromatic carbocycles. The first kappa shape index (κ1) is 12.8. The number of carbonyl (C=O) groups is 1. The molecule has 88 valence electrons. The van der Waals surface area contributed by atoms with Crippen LogP contribution in [-0.2, 0) is 9.53 Å². The molecule has 1 unspecified atom stereocenters. The molecule has 0 heterocycles. The first-order valence-electron chi connectivity index (χ1n) is 5.82. The van der Waals surface area contributed by atoms with Gasteiger partial charge >= 0.3 is 5.97 Å². The summed E-state index contributed by atoms with van der Waals surface area (Å²) >= 11 is 0. The summed E-state index contributed by atoms with van der Waals surface area (Å²) in [6.45, 7) is 8.45. The molecule has 16 heavy (non-hydrogen) atoms. The van der Waals surface area contributed by atoms with Gasteiger partial charge in [0.25, 0.3) is 0 Å². The van der Waals surface area contributed by atoms with Gasteiger partial charge in [-0.3, -0.25) is 4.79 Å². The van der Waals surface area contributed by atoms with Gasteiger partial charge in [-0.05, 0) is 30.9 Å². The van der Waals surface area contributed by atoms with E-state index in [0.717, 1.165) is 5.56 Å². The molecule has 0 saturated heterocycles. The predicted molar refractivity (Wildman–Crippen MR) is 65.6 cm³/mol. The van der Waals surface area contributed by atoms with E-state index in [1.165, 1.54) is 5.56 Å². The maximum absolute atomic E-state index is 11.6. The Balaban J connectivity index is 2.87. The number of benzene rings is 1. The first-order chi connectivity index (χ1) is 7.56. The Kier molecular flexibility index (Phi) is 4.53. The molecule has 0 spiro atoms. The van der Waals surface area contributed by atoms with Crippen molar-refractivity contribution >= 4 is 5.97 Å². The van der Waals surface area contributed by atoms with Crippen LogP contribution in [0.4, 0.5) is 0 Å². The zero-order valence-corrected chi connectivity index (χ0v) is 10.5. The molecule has 1 rings (SSSR count).